The van der Waals surface area contributed by atoms with Crippen LogP contribution in [-0.2, 0) is 14.4 Å². The van der Waals surface area contributed by atoms with E-state index >= 15 is 0 Å². The number of likely N-dealkylation sites (tertiary alicyclic amines) is 3. The fourth-order valence-corrected chi connectivity index (χ4v) is 6.77. The number of amides is 3. The minimum atomic E-state index is -0.765. The summed E-state index contributed by atoms with van der Waals surface area (Å²) >= 11 is 0. The van der Waals surface area contributed by atoms with Gasteiger partial charge in [-0.05, 0) is 32.1 Å². The standard InChI is InChI=1S/C25H42N6O3/c32-20-13-8-16-29(20)23-26-24(30-17-9-14-21(30)33)28-25(27-23,31-18-10-15-22(31)34)19-11-6-4-2-1-3-5-7-12-19/h19,23-24,26-28H,1-18H2. The molecule has 0 bridgehead atoms. The van der Waals surface area contributed by atoms with Crippen molar-refractivity contribution in [2.45, 2.75) is 115 Å². The first-order valence-electron chi connectivity index (χ1n) is 13.8. The molecular formula is C25H42N6O3. The maximum absolute atomic E-state index is 13.2. The van der Waals surface area contributed by atoms with Gasteiger partial charge in [0, 0.05) is 44.8 Å². The Kier molecular flexibility index (Phi) is 7.41. The maximum Gasteiger partial charge on any atom is 0.225 e. The van der Waals surface area contributed by atoms with Crippen molar-refractivity contribution >= 4 is 17.7 Å². The molecule has 5 rings (SSSR count). The van der Waals surface area contributed by atoms with E-state index in [4.69, 9.17) is 0 Å². The first-order valence-corrected chi connectivity index (χ1v) is 13.8. The lowest BCUT2D eigenvalue weighted by Crippen LogP contribution is -2.86. The van der Waals surface area contributed by atoms with Gasteiger partial charge in [0.25, 0.3) is 0 Å². The predicted octanol–water partition coefficient (Wildman–Crippen LogP) is 2.00. The van der Waals surface area contributed by atoms with E-state index in [0.29, 0.717) is 38.9 Å². The molecule has 4 saturated heterocycles. The average molecular weight is 475 g/mol. The zero-order valence-corrected chi connectivity index (χ0v) is 20.5. The Morgan fingerprint density at radius 1 is 0.588 bits per heavy atom. The number of carbonyl (C=O) groups excluding carboxylic acids is 3. The largest absolute Gasteiger partial charge is 0.314 e. The molecule has 2 atom stereocenters. The van der Waals surface area contributed by atoms with Gasteiger partial charge < -0.3 is 14.7 Å². The molecule has 0 aromatic heterocycles. The van der Waals surface area contributed by atoms with Crippen molar-refractivity contribution in [3.63, 3.8) is 0 Å². The predicted molar refractivity (Wildman–Crippen MR) is 128 cm³/mol. The molecule has 0 radical (unpaired) electrons. The fourth-order valence-electron chi connectivity index (χ4n) is 6.77. The van der Waals surface area contributed by atoms with Gasteiger partial charge in [-0.2, -0.15) is 0 Å². The summed E-state index contributed by atoms with van der Waals surface area (Å²) in [5, 5.41) is 11.1. The van der Waals surface area contributed by atoms with Crippen LogP contribution in [-0.4, -0.2) is 70.4 Å². The minimum Gasteiger partial charge on any atom is -0.314 e. The van der Waals surface area contributed by atoms with Crippen LogP contribution in [0.4, 0.5) is 0 Å². The first-order chi connectivity index (χ1) is 16.6. The number of carbonyl (C=O) groups is 3. The first kappa shape index (κ1) is 24.0. The highest BCUT2D eigenvalue weighted by atomic mass is 16.2. The maximum atomic E-state index is 13.2. The quantitative estimate of drug-likeness (QED) is 0.577. The zero-order chi connectivity index (χ0) is 23.5. The van der Waals surface area contributed by atoms with Gasteiger partial charge in [0.1, 0.15) is 12.6 Å². The highest BCUT2D eigenvalue weighted by Crippen LogP contribution is 2.36. The van der Waals surface area contributed by atoms with Gasteiger partial charge in [-0.15, -0.1) is 0 Å². The Morgan fingerprint density at radius 2 is 1.06 bits per heavy atom. The summed E-state index contributed by atoms with van der Waals surface area (Å²) in [6, 6.07) is 0. The Hall–Kier alpha value is -1.71. The molecule has 9 heteroatoms. The molecule has 5 aliphatic rings. The van der Waals surface area contributed by atoms with Crippen LogP contribution in [0.25, 0.3) is 0 Å². The van der Waals surface area contributed by atoms with Crippen molar-refractivity contribution in [3.05, 3.63) is 0 Å². The van der Waals surface area contributed by atoms with Crippen molar-refractivity contribution in [3.8, 4) is 0 Å². The molecule has 9 nitrogen and oxygen atoms in total. The lowest BCUT2D eigenvalue weighted by atomic mass is 9.85. The summed E-state index contributed by atoms with van der Waals surface area (Å²) in [7, 11) is 0. The molecular weight excluding hydrogens is 432 g/mol. The fraction of sp³-hybridized carbons (Fsp3) is 0.880. The summed E-state index contributed by atoms with van der Waals surface area (Å²) in [5.74, 6) is -0.122. The molecule has 4 heterocycles. The third-order valence-corrected chi connectivity index (χ3v) is 8.57. The zero-order valence-electron chi connectivity index (χ0n) is 20.5. The summed E-state index contributed by atoms with van der Waals surface area (Å²) in [4.78, 5) is 44.6. The Balaban J connectivity index is 1.51. The van der Waals surface area contributed by atoms with Crippen molar-refractivity contribution in [2.24, 2.45) is 5.92 Å². The molecule has 0 aromatic rings. The highest BCUT2D eigenvalue weighted by Gasteiger charge is 2.54. The van der Waals surface area contributed by atoms with Crippen LogP contribution in [0.2, 0.25) is 0 Å². The molecule has 2 unspecified atom stereocenters. The monoisotopic (exact) mass is 474 g/mol. The molecule has 5 fully saturated rings. The normalized spacial score (nSPS) is 34.9. The molecule has 190 valence electrons. The summed E-state index contributed by atoms with van der Waals surface area (Å²) < 4.78 is 0. The van der Waals surface area contributed by atoms with Crippen LogP contribution in [0.5, 0.6) is 0 Å². The molecule has 1 saturated carbocycles. The SMILES string of the molecule is O=C1CCCN1C1NC(N2CCCC2=O)NC(C2CCCCCCCCC2)(N2CCCC2=O)N1. The average Bonchev–Trinajstić information content (AvgIpc) is 3.58. The Labute approximate surface area is 203 Å². The van der Waals surface area contributed by atoms with Crippen molar-refractivity contribution in [1.82, 2.24) is 30.7 Å². The van der Waals surface area contributed by atoms with Gasteiger partial charge in [-0.3, -0.25) is 19.7 Å². The van der Waals surface area contributed by atoms with E-state index in [0.717, 1.165) is 44.9 Å². The molecule has 3 N–H and O–H groups in total. The second-order valence-electron chi connectivity index (χ2n) is 10.8. The van der Waals surface area contributed by atoms with Gasteiger partial charge >= 0.3 is 0 Å². The number of hydrogen-bond donors (Lipinski definition) is 3. The van der Waals surface area contributed by atoms with E-state index in [1.54, 1.807) is 0 Å². The Morgan fingerprint density at radius 3 is 1.50 bits per heavy atom. The van der Waals surface area contributed by atoms with Gasteiger partial charge in [0.05, 0.1) is 0 Å². The highest BCUT2D eigenvalue weighted by molar-refractivity contribution is 5.80. The molecule has 34 heavy (non-hydrogen) atoms. The molecule has 4 aliphatic heterocycles. The minimum absolute atomic E-state index is 0.131. The van der Waals surface area contributed by atoms with Crippen LogP contribution in [0.3, 0.4) is 0 Å². The van der Waals surface area contributed by atoms with E-state index in [9.17, 15) is 14.4 Å². The van der Waals surface area contributed by atoms with E-state index in [2.05, 4.69) is 16.0 Å². The number of nitrogens with zero attached hydrogens (tertiary/aromatic N) is 3. The Bertz CT molecular complexity index is 732. The molecule has 0 spiro atoms. The van der Waals surface area contributed by atoms with Crippen molar-refractivity contribution < 1.29 is 14.4 Å². The van der Waals surface area contributed by atoms with Gasteiger partial charge in [-0.25, -0.2) is 10.6 Å². The van der Waals surface area contributed by atoms with Gasteiger partial charge in [0.2, 0.25) is 17.7 Å². The second-order valence-corrected chi connectivity index (χ2v) is 10.8. The van der Waals surface area contributed by atoms with Crippen LogP contribution in [0.15, 0.2) is 0 Å². The third-order valence-electron chi connectivity index (χ3n) is 8.57. The lowest BCUT2D eigenvalue weighted by molar-refractivity contribution is -0.163. The molecule has 1 aliphatic carbocycles. The van der Waals surface area contributed by atoms with Gasteiger partial charge in [-0.1, -0.05) is 44.9 Å². The van der Waals surface area contributed by atoms with Crippen LogP contribution >= 0.6 is 0 Å². The van der Waals surface area contributed by atoms with E-state index in [1.807, 2.05) is 14.7 Å². The lowest BCUT2D eigenvalue weighted by Gasteiger charge is -2.57. The third kappa shape index (κ3) is 4.71. The van der Waals surface area contributed by atoms with Crippen molar-refractivity contribution in [2.75, 3.05) is 19.6 Å². The number of rotatable bonds is 4. The van der Waals surface area contributed by atoms with Crippen molar-refractivity contribution in [1.29, 1.82) is 0 Å². The summed E-state index contributed by atoms with van der Waals surface area (Å²) in [5.41, 5.74) is 0. The second kappa shape index (κ2) is 10.5. The summed E-state index contributed by atoms with van der Waals surface area (Å²) in [6.45, 7) is 2.09. The number of nitrogens with one attached hydrogen (secondary N) is 3. The number of hydrogen-bond acceptors (Lipinski definition) is 6. The van der Waals surface area contributed by atoms with Gasteiger partial charge in [0.15, 0.2) is 5.79 Å². The molecule has 3 amide bonds. The van der Waals surface area contributed by atoms with Crippen LogP contribution in [0, 0.1) is 5.92 Å². The summed E-state index contributed by atoms with van der Waals surface area (Å²) in [6.07, 6.45) is 14.1. The van der Waals surface area contributed by atoms with E-state index in [1.165, 1.54) is 32.1 Å². The van der Waals surface area contributed by atoms with Crippen LogP contribution < -0.4 is 16.0 Å². The smallest absolute Gasteiger partial charge is 0.225 e. The topological polar surface area (TPSA) is 97.0 Å². The van der Waals surface area contributed by atoms with Crippen LogP contribution in [0.1, 0.15) is 96.3 Å². The molecule has 0 aromatic carbocycles. The van der Waals surface area contributed by atoms with E-state index < -0.39 is 18.4 Å². The van der Waals surface area contributed by atoms with E-state index in [-0.39, 0.29) is 23.6 Å².